The molecule has 14 heavy (non-hydrogen) atoms. The third-order valence-corrected chi connectivity index (χ3v) is 2.30. The van der Waals surface area contributed by atoms with Gasteiger partial charge in [0.1, 0.15) is 0 Å². The number of likely N-dealkylation sites (N-methyl/N-ethyl adjacent to an activating group) is 1. The van der Waals surface area contributed by atoms with E-state index in [1.807, 2.05) is 0 Å². The highest BCUT2D eigenvalue weighted by molar-refractivity contribution is 6.17. The lowest BCUT2D eigenvalue weighted by Crippen LogP contribution is -2.33. The topological polar surface area (TPSA) is 24.5 Å². The van der Waals surface area contributed by atoms with Crippen molar-refractivity contribution in [1.82, 2.24) is 10.2 Å². The quantitative estimate of drug-likeness (QED) is 0.444. The molecule has 0 amide bonds. The number of hydrogen-bond acceptors (Lipinski definition) is 3. The minimum absolute atomic E-state index is 0.583. The van der Waals surface area contributed by atoms with E-state index in [1.165, 1.54) is 0 Å². The average Bonchev–Trinajstić information content (AvgIpc) is 2.22. The maximum atomic E-state index is 5.47. The van der Waals surface area contributed by atoms with E-state index in [0.29, 0.717) is 12.5 Å². The van der Waals surface area contributed by atoms with Crippen LogP contribution in [0, 0.1) is 0 Å². The van der Waals surface area contributed by atoms with E-state index in [1.54, 1.807) is 0 Å². The second-order valence-electron chi connectivity index (χ2n) is 3.08. The van der Waals surface area contributed by atoms with Crippen LogP contribution in [0.5, 0.6) is 0 Å². The molecule has 0 unspecified atom stereocenters. The van der Waals surface area contributed by atoms with E-state index in [2.05, 4.69) is 24.1 Å². The first-order chi connectivity index (χ1) is 6.85. The number of nitrogens with zero attached hydrogens (tertiary/aromatic N) is 1. The van der Waals surface area contributed by atoms with Gasteiger partial charge in [-0.2, -0.15) is 0 Å². The third kappa shape index (κ3) is 8.75. The molecular formula is C10H23ClN2O. The number of rotatable bonds is 10. The van der Waals surface area contributed by atoms with Gasteiger partial charge in [-0.25, -0.2) is 0 Å². The second kappa shape index (κ2) is 11.2. The molecular weight excluding hydrogens is 200 g/mol. The van der Waals surface area contributed by atoms with Gasteiger partial charge in [0.2, 0.25) is 0 Å². The van der Waals surface area contributed by atoms with Gasteiger partial charge in [0.05, 0.1) is 13.2 Å². The number of halogens is 1. The monoisotopic (exact) mass is 222 g/mol. The van der Waals surface area contributed by atoms with Crippen LogP contribution in [0.4, 0.5) is 0 Å². The van der Waals surface area contributed by atoms with Crippen molar-refractivity contribution in [3.05, 3.63) is 0 Å². The van der Waals surface area contributed by atoms with Gasteiger partial charge in [-0.15, -0.1) is 11.6 Å². The van der Waals surface area contributed by atoms with E-state index in [-0.39, 0.29) is 0 Å². The average molecular weight is 223 g/mol. The van der Waals surface area contributed by atoms with Crippen LogP contribution < -0.4 is 5.32 Å². The molecule has 0 aromatic heterocycles. The maximum absolute atomic E-state index is 5.47. The van der Waals surface area contributed by atoms with Crippen molar-refractivity contribution >= 4 is 11.6 Å². The van der Waals surface area contributed by atoms with Crippen LogP contribution in [-0.2, 0) is 4.74 Å². The van der Waals surface area contributed by atoms with E-state index in [0.717, 1.165) is 39.3 Å². The number of nitrogens with one attached hydrogen (secondary N) is 1. The summed E-state index contributed by atoms with van der Waals surface area (Å²) in [7, 11) is 0. The molecule has 0 saturated heterocycles. The summed E-state index contributed by atoms with van der Waals surface area (Å²) < 4.78 is 5.23. The normalized spacial score (nSPS) is 11.1. The molecule has 0 atom stereocenters. The van der Waals surface area contributed by atoms with Crippen molar-refractivity contribution in [2.24, 2.45) is 0 Å². The highest BCUT2D eigenvalue weighted by Gasteiger charge is 1.96. The van der Waals surface area contributed by atoms with Crippen LogP contribution in [0.25, 0.3) is 0 Å². The molecule has 3 nitrogen and oxygen atoms in total. The molecule has 4 heteroatoms. The minimum Gasteiger partial charge on any atom is -0.379 e. The van der Waals surface area contributed by atoms with Crippen molar-refractivity contribution < 1.29 is 4.74 Å². The lowest BCUT2D eigenvalue weighted by atomic mass is 10.4. The molecule has 0 spiro atoms. The molecule has 0 heterocycles. The Morgan fingerprint density at radius 3 is 2.43 bits per heavy atom. The number of alkyl halides is 1. The van der Waals surface area contributed by atoms with Gasteiger partial charge in [0.25, 0.3) is 0 Å². The van der Waals surface area contributed by atoms with Gasteiger partial charge in [-0.3, -0.25) is 0 Å². The van der Waals surface area contributed by atoms with Crippen LogP contribution >= 0.6 is 11.6 Å². The van der Waals surface area contributed by atoms with E-state index in [4.69, 9.17) is 16.3 Å². The Balaban J connectivity index is 3.04. The van der Waals surface area contributed by atoms with Crippen molar-refractivity contribution in [2.75, 3.05) is 51.8 Å². The standard InChI is InChI=1S/C10H23ClN2O/c1-3-13(4-2)8-6-12-7-10-14-9-5-11/h12H,3-10H2,1-2H3. The molecule has 0 bridgehead atoms. The summed E-state index contributed by atoms with van der Waals surface area (Å²) in [4.78, 5) is 2.40. The zero-order valence-corrected chi connectivity index (χ0v) is 10.1. The Morgan fingerprint density at radius 2 is 1.86 bits per heavy atom. The van der Waals surface area contributed by atoms with Crippen molar-refractivity contribution in [1.29, 1.82) is 0 Å². The van der Waals surface area contributed by atoms with Gasteiger partial charge in [0.15, 0.2) is 0 Å². The molecule has 0 fully saturated rings. The minimum atomic E-state index is 0.583. The van der Waals surface area contributed by atoms with Crippen molar-refractivity contribution in [2.45, 2.75) is 13.8 Å². The first kappa shape index (κ1) is 14.2. The molecule has 0 aromatic carbocycles. The fraction of sp³-hybridized carbons (Fsp3) is 1.00. The van der Waals surface area contributed by atoms with Gasteiger partial charge in [-0.1, -0.05) is 13.8 Å². The number of hydrogen-bond donors (Lipinski definition) is 1. The molecule has 0 aliphatic heterocycles. The summed E-state index contributed by atoms with van der Waals surface area (Å²) in [6, 6.07) is 0. The van der Waals surface area contributed by atoms with Crippen molar-refractivity contribution in [3.63, 3.8) is 0 Å². The van der Waals surface area contributed by atoms with Crippen LogP contribution in [0.15, 0.2) is 0 Å². The molecule has 0 saturated carbocycles. The zero-order valence-electron chi connectivity index (χ0n) is 9.39. The highest BCUT2D eigenvalue weighted by Crippen LogP contribution is 1.84. The second-order valence-corrected chi connectivity index (χ2v) is 3.46. The molecule has 0 aliphatic carbocycles. The molecule has 0 radical (unpaired) electrons. The van der Waals surface area contributed by atoms with Gasteiger partial charge in [0, 0.05) is 25.5 Å². The van der Waals surface area contributed by atoms with Crippen LogP contribution in [0.1, 0.15) is 13.8 Å². The first-order valence-electron chi connectivity index (χ1n) is 5.41. The van der Waals surface area contributed by atoms with Gasteiger partial charge < -0.3 is 15.0 Å². The first-order valence-corrected chi connectivity index (χ1v) is 5.95. The largest absolute Gasteiger partial charge is 0.379 e. The lowest BCUT2D eigenvalue weighted by Gasteiger charge is -2.17. The van der Waals surface area contributed by atoms with E-state index < -0.39 is 0 Å². The van der Waals surface area contributed by atoms with Gasteiger partial charge >= 0.3 is 0 Å². The van der Waals surface area contributed by atoms with Crippen LogP contribution in [0.3, 0.4) is 0 Å². The van der Waals surface area contributed by atoms with Gasteiger partial charge in [-0.05, 0) is 13.1 Å². The molecule has 86 valence electrons. The molecule has 0 aromatic rings. The third-order valence-electron chi connectivity index (χ3n) is 2.14. The molecule has 0 aliphatic rings. The fourth-order valence-corrected chi connectivity index (χ4v) is 1.31. The Kier molecular flexibility index (Phi) is 11.4. The summed E-state index contributed by atoms with van der Waals surface area (Å²) in [6.45, 7) is 11.1. The highest BCUT2D eigenvalue weighted by atomic mass is 35.5. The van der Waals surface area contributed by atoms with Crippen LogP contribution in [-0.4, -0.2) is 56.7 Å². The zero-order chi connectivity index (χ0) is 10.6. The fourth-order valence-electron chi connectivity index (χ4n) is 1.20. The SMILES string of the molecule is CCN(CC)CCNCCOCCCl. The summed E-state index contributed by atoms with van der Waals surface area (Å²) in [5.41, 5.74) is 0. The lowest BCUT2D eigenvalue weighted by molar-refractivity contribution is 0.150. The Labute approximate surface area is 92.8 Å². The van der Waals surface area contributed by atoms with Crippen LogP contribution in [0.2, 0.25) is 0 Å². The summed E-state index contributed by atoms with van der Waals surface area (Å²) in [6.07, 6.45) is 0. The molecule has 1 N–H and O–H groups in total. The molecule has 0 rings (SSSR count). The smallest absolute Gasteiger partial charge is 0.0602 e. The predicted molar refractivity (Wildman–Crippen MR) is 62.2 cm³/mol. The number of ether oxygens (including phenoxy) is 1. The predicted octanol–water partition coefficient (Wildman–Crippen LogP) is 1.17. The Bertz CT molecular complexity index is 110. The van der Waals surface area contributed by atoms with E-state index in [9.17, 15) is 0 Å². The van der Waals surface area contributed by atoms with E-state index >= 15 is 0 Å². The Morgan fingerprint density at radius 1 is 1.14 bits per heavy atom. The van der Waals surface area contributed by atoms with Crippen molar-refractivity contribution in [3.8, 4) is 0 Å². The summed E-state index contributed by atoms with van der Waals surface area (Å²) in [5, 5.41) is 3.33. The summed E-state index contributed by atoms with van der Waals surface area (Å²) in [5.74, 6) is 0.583. The maximum Gasteiger partial charge on any atom is 0.0602 e. The Hall–Kier alpha value is 0.170. The summed E-state index contributed by atoms with van der Waals surface area (Å²) >= 11 is 5.47.